The lowest BCUT2D eigenvalue weighted by atomic mass is 10.1. The molecule has 0 bridgehead atoms. The Labute approximate surface area is 104 Å². The van der Waals surface area contributed by atoms with Crippen LogP contribution in [-0.2, 0) is 9.67 Å². The first-order chi connectivity index (χ1) is 8.18. The molecule has 2 heterocycles. The normalized spacial score (nSPS) is 27.8. The van der Waals surface area contributed by atoms with E-state index in [1.807, 2.05) is 30.3 Å². The van der Waals surface area contributed by atoms with Gasteiger partial charge in [0, 0.05) is 19.3 Å². The quantitative estimate of drug-likeness (QED) is 0.707. The molecular formula is C12H12N2O2S. The van der Waals surface area contributed by atoms with Gasteiger partial charge in [0.25, 0.3) is 5.91 Å². The van der Waals surface area contributed by atoms with Crippen LogP contribution in [0.2, 0.25) is 0 Å². The second-order valence-electron chi connectivity index (χ2n) is 4.16. The highest BCUT2D eigenvalue weighted by molar-refractivity contribution is 8.01. The summed E-state index contributed by atoms with van der Waals surface area (Å²) in [6.07, 6.45) is 0. The van der Waals surface area contributed by atoms with Gasteiger partial charge in [-0.1, -0.05) is 30.3 Å². The van der Waals surface area contributed by atoms with Gasteiger partial charge in [-0.2, -0.15) is 0 Å². The van der Waals surface area contributed by atoms with Crippen LogP contribution in [0.25, 0.3) is 0 Å². The maximum Gasteiger partial charge on any atom is 0.328 e. The molecule has 1 aromatic carbocycles. The molecule has 0 saturated carbocycles. The van der Waals surface area contributed by atoms with Crippen molar-refractivity contribution in [1.82, 2.24) is 9.80 Å². The highest BCUT2D eigenvalue weighted by Crippen LogP contribution is 2.49. The van der Waals surface area contributed by atoms with Crippen LogP contribution in [0.15, 0.2) is 30.3 Å². The third-order valence-electron chi connectivity index (χ3n) is 3.28. The predicted octanol–water partition coefficient (Wildman–Crippen LogP) is 1.48. The second kappa shape index (κ2) is 3.50. The largest absolute Gasteiger partial charge is 0.328 e. The Morgan fingerprint density at radius 3 is 2.65 bits per heavy atom. The van der Waals surface area contributed by atoms with Crippen LogP contribution in [0.3, 0.4) is 0 Å². The Hall–Kier alpha value is -1.49. The molecule has 0 aromatic heterocycles. The van der Waals surface area contributed by atoms with E-state index in [1.54, 1.807) is 23.7 Å². The standard InChI is InChI=1S/C12H12N2O2S/c1-13-10(15)12(9-5-3-2-4-6-9)14(11(13)16)7-8-17-12/h2-6H,7-8H2,1H3. The maximum absolute atomic E-state index is 12.4. The Morgan fingerprint density at radius 2 is 1.94 bits per heavy atom. The SMILES string of the molecule is CN1C(=O)N2CCSC2(c2ccccc2)C1=O. The summed E-state index contributed by atoms with van der Waals surface area (Å²) in [6, 6.07) is 9.35. The predicted molar refractivity (Wildman–Crippen MR) is 65.5 cm³/mol. The van der Waals surface area contributed by atoms with Crippen molar-refractivity contribution in [3.05, 3.63) is 35.9 Å². The summed E-state index contributed by atoms with van der Waals surface area (Å²) in [7, 11) is 1.55. The van der Waals surface area contributed by atoms with Crippen LogP contribution in [0.4, 0.5) is 4.79 Å². The summed E-state index contributed by atoms with van der Waals surface area (Å²) >= 11 is 1.54. The van der Waals surface area contributed by atoms with Crippen molar-refractivity contribution >= 4 is 23.7 Å². The Kier molecular flexibility index (Phi) is 2.19. The molecule has 4 nitrogen and oxygen atoms in total. The molecule has 88 valence electrons. The van der Waals surface area contributed by atoms with Gasteiger partial charge in [-0.25, -0.2) is 4.79 Å². The fourth-order valence-corrected chi connectivity index (χ4v) is 3.91. The minimum absolute atomic E-state index is 0.129. The topological polar surface area (TPSA) is 40.6 Å². The van der Waals surface area contributed by atoms with Crippen LogP contribution in [0.5, 0.6) is 0 Å². The number of hydrogen-bond acceptors (Lipinski definition) is 3. The molecule has 0 spiro atoms. The van der Waals surface area contributed by atoms with Crippen molar-refractivity contribution in [2.75, 3.05) is 19.3 Å². The number of carbonyl (C=O) groups excluding carboxylic acids is 2. The molecule has 3 rings (SSSR count). The molecule has 2 aliphatic heterocycles. The zero-order valence-electron chi connectivity index (χ0n) is 9.42. The second-order valence-corrected chi connectivity index (χ2v) is 5.44. The molecule has 0 N–H and O–H groups in total. The fourth-order valence-electron chi connectivity index (χ4n) is 2.45. The van der Waals surface area contributed by atoms with E-state index in [4.69, 9.17) is 0 Å². The van der Waals surface area contributed by atoms with Crippen molar-refractivity contribution in [2.45, 2.75) is 4.87 Å². The van der Waals surface area contributed by atoms with E-state index in [-0.39, 0.29) is 11.9 Å². The lowest BCUT2D eigenvalue weighted by molar-refractivity contribution is -0.128. The molecule has 17 heavy (non-hydrogen) atoms. The van der Waals surface area contributed by atoms with Crippen molar-refractivity contribution in [2.24, 2.45) is 0 Å². The number of rotatable bonds is 1. The van der Waals surface area contributed by atoms with Crippen LogP contribution in [0, 0.1) is 0 Å². The summed E-state index contributed by atoms with van der Waals surface area (Å²) in [5.41, 5.74) is 0.894. The molecule has 0 radical (unpaired) electrons. The highest BCUT2D eigenvalue weighted by Gasteiger charge is 2.60. The number of amides is 3. The molecule has 1 aromatic rings. The number of fused-ring (bicyclic) bond motifs is 1. The number of benzene rings is 1. The number of urea groups is 1. The number of nitrogens with zero attached hydrogens (tertiary/aromatic N) is 2. The monoisotopic (exact) mass is 248 g/mol. The van der Waals surface area contributed by atoms with Gasteiger partial charge in [-0.15, -0.1) is 11.8 Å². The van der Waals surface area contributed by atoms with Gasteiger partial charge >= 0.3 is 6.03 Å². The van der Waals surface area contributed by atoms with Crippen LogP contribution in [0.1, 0.15) is 5.56 Å². The van der Waals surface area contributed by atoms with Crippen LogP contribution < -0.4 is 0 Å². The van der Waals surface area contributed by atoms with E-state index in [2.05, 4.69) is 0 Å². The minimum atomic E-state index is -0.812. The molecular weight excluding hydrogens is 236 g/mol. The van der Waals surface area contributed by atoms with Gasteiger partial charge in [-0.05, 0) is 5.56 Å². The lowest BCUT2D eigenvalue weighted by Crippen LogP contribution is -2.39. The minimum Gasteiger partial charge on any atom is -0.296 e. The summed E-state index contributed by atoms with van der Waals surface area (Å²) in [5, 5.41) is 0. The number of imide groups is 1. The van der Waals surface area contributed by atoms with Crippen molar-refractivity contribution in [3.8, 4) is 0 Å². The van der Waals surface area contributed by atoms with E-state index in [0.29, 0.717) is 6.54 Å². The Morgan fingerprint density at radius 1 is 1.24 bits per heavy atom. The van der Waals surface area contributed by atoms with E-state index >= 15 is 0 Å². The van der Waals surface area contributed by atoms with E-state index in [9.17, 15) is 9.59 Å². The zero-order chi connectivity index (χ0) is 12.0. The zero-order valence-corrected chi connectivity index (χ0v) is 10.2. The molecule has 2 aliphatic rings. The first-order valence-corrected chi connectivity index (χ1v) is 6.46. The Bertz CT molecular complexity index is 491. The summed E-state index contributed by atoms with van der Waals surface area (Å²) in [4.78, 5) is 26.4. The van der Waals surface area contributed by atoms with E-state index in [1.165, 1.54) is 4.90 Å². The molecule has 3 amide bonds. The van der Waals surface area contributed by atoms with Crippen molar-refractivity contribution < 1.29 is 9.59 Å². The van der Waals surface area contributed by atoms with Gasteiger partial charge in [-0.3, -0.25) is 14.6 Å². The third-order valence-corrected chi connectivity index (χ3v) is 4.72. The lowest BCUT2D eigenvalue weighted by Gasteiger charge is -2.27. The van der Waals surface area contributed by atoms with Crippen molar-refractivity contribution in [3.63, 3.8) is 0 Å². The first-order valence-electron chi connectivity index (χ1n) is 5.47. The summed E-state index contributed by atoms with van der Waals surface area (Å²) in [5.74, 6) is 0.677. The Balaban J connectivity index is 2.17. The van der Waals surface area contributed by atoms with Gasteiger partial charge in [0.05, 0.1) is 0 Å². The summed E-state index contributed by atoms with van der Waals surface area (Å²) < 4.78 is 0. The average molecular weight is 248 g/mol. The molecule has 2 fully saturated rings. The smallest absolute Gasteiger partial charge is 0.296 e. The number of likely N-dealkylation sites (N-methyl/N-ethyl adjacent to an activating group) is 1. The first kappa shape index (κ1) is 10.7. The van der Waals surface area contributed by atoms with E-state index in [0.717, 1.165) is 11.3 Å². The van der Waals surface area contributed by atoms with Crippen LogP contribution in [-0.4, -0.2) is 41.1 Å². The molecule has 1 unspecified atom stereocenters. The van der Waals surface area contributed by atoms with Crippen LogP contribution >= 0.6 is 11.8 Å². The summed E-state index contributed by atoms with van der Waals surface area (Å²) in [6.45, 7) is 0.633. The third kappa shape index (κ3) is 1.20. The highest BCUT2D eigenvalue weighted by atomic mass is 32.2. The molecule has 2 saturated heterocycles. The molecule has 1 atom stereocenters. The number of thioether (sulfide) groups is 1. The van der Waals surface area contributed by atoms with E-state index < -0.39 is 4.87 Å². The molecule has 0 aliphatic carbocycles. The maximum atomic E-state index is 12.4. The number of carbonyl (C=O) groups is 2. The van der Waals surface area contributed by atoms with Gasteiger partial charge < -0.3 is 0 Å². The van der Waals surface area contributed by atoms with Crippen molar-refractivity contribution in [1.29, 1.82) is 0 Å². The molecule has 5 heteroatoms. The fraction of sp³-hybridized carbons (Fsp3) is 0.333. The average Bonchev–Trinajstić information content (AvgIpc) is 2.88. The van der Waals surface area contributed by atoms with Gasteiger partial charge in [0.2, 0.25) is 0 Å². The van der Waals surface area contributed by atoms with Gasteiger partial charge in [0.15, 0.2) is 4.87 Å². The number of hydrogen-bond donors (Lipinski definition) is 0. The van der Waals surface area contributed by atoms with Gasteiger partial charge in [0.1, 0.15) is 0 Å².